The third-order valence-corrected chi connectivity index (χ3v) is 3.63. The van der Waals surface area contributed by atoms with Crippen molar-refractivity contribution in [1.82, 2.24) is 25.1 Å². The van der Waals surface area contributed by atoms with Crippen molar-refractivity contribution in [2.24, 2.45) is 0 Å². The highest BCUT2D eigenvalue weighted by molar-refractivity contribution is 5.93. The maximum absolute atomic E-state index is 12.9. The van der Waals surface area contributed by atoms with Crippen LogP contribution in [-0.2, 0) is 19.5 Å². The lowest BCUT2D eigenvalue weighted by molar-refractivity contribution is 0.0719. The molecular weight excluding hydrogens is 298 g/mol. The predicted molar refractivity (Wildman–Crippen MR) is 79.3 cm³/mol. The SMILES string of the molecule is CCc1[nH]nc(C(=O)N(Cc2cocn2)Cc2cocn2)c1C. The molecule has 23 heavy (non-hydrogen) atoms. The molecule has 0 atom stereocenters. The average molecular weight is 315 g/mol. The zero-order chi connectivity index (χ0) is 16.2. The molecule has 0 bridgehead atoms. The summed E-state index contributed by atoms with van der Waals surface area (Å²) in [5, 5.41) is 7.07. The number of nitrogens with one attached hydrogen (secondary N) is 1. The van der Waals surface area contributed by atoms with E-state index in [-0.39, 0.29) is 5.91 Å². The molecule has 3 rings (SSSR count). The van der Waals surface area contributed by atoms with Gasteiger partial charge in [0.15, 0.2) is 18.5 Å². The van der Waals surface area contributed by atoms with Crippen molar-refractivity contribution in [1.29, 1.82) is 0 Å². The number of carbonyl (C=O) groups excluding carboxylic acids is 1. The van der Waals surface area contributed by atoms with E-state index in [2.05, 4.69) is 20.2 Å². The second-order valence-electron chi connectivity index (χ2n) is 5.15. The molecule has 120 valence electrons. The molecule has 8 nitrogen and oxygen atoms in total. The lowest BCUT2D eigenvalue weighted by Crippen LogP contribution is -2.31. The fourth-order valence-electron chi connectivity index (χ4n) is 2.36. The minimum Gasteiger partial charge on any atom is -0.451 e. The van der Waals surface area contributed by atoms with E-state index in [0.29, 0.717) is 30.2 Å². The molecule has 0 aliphatic carbocycles. The summed E-state index contributed by atoms with van der Waals surface area (Å²) in [6.07, 6.45) is 6.49. The number of hydrogen-bond acceptors (Lipinski definition) is 6. The number of hydrogen-bond donors (Lipinski definition) is 1. The summed E-state index contributed by atoms with van der Waals surface area (Å²) >= 11 is 0. The Morgan fingerprint density at radius 1 is 1.17 bits per heavy atom. The van der Waals surface area contributed by atoms with E-state index in [9.17, 15) is 4.79 Å². The molecule has 1 N–H and O–H groups in total. The normalized spacial score (nSPS) is 10.9. The van der Waals surface area contributed by atoms with E-state index in [1.807, 2.05) is 13.8 Å². The topological polar surface area (TPSA) is 101 Å². The molecule has 0 radical (unpaired) electrons. The van der Waals surface area contributed by atoms with Gasteiger partial charge in [0.2, 0.25) is 0 Å². The van der Waals surface area contributed by atoms with Crippen LogP contribution in [-0.4, -0.2) is 31.0 Å². The molecule has 0 spiro atoms. The number of nitrogens with zero attached hydrogens (tertiary/aromatic N) is 4. The van der Waals surface area contributed by atoms with E-state index >= 15 is 0 Å². The first-order valence-electron chi connectivity index (χ1n) is 7.26. The molecule has 0 fully saturated rings. The maximum atomic E-state index is 12.9. The Hall–Kier alpha value is -2.90. The number of amides is 1. The van der Waals surface area contributed by atoms with Crippen LogP contribution in [0.25, 0.3) is 0 Å². The van der Waals surface area contributed by atoms with Crippen LogP contribution in [0.15, 0.2) is 34.1 Å². The van der Waals surface area contributed by atoms with Crippen molar-refractivity contribution in [3.05, 3.63) is 53.7 Å². The zero-order valence-electron chi connectivity index (χ0n) is 12.9. The standard InChI is InChI=1S/C15H17N5O3/c1-3-13-10(2)14(19-18-13)15(21)20(4-11-6-22-8-16-11)5-12-7-23-9-17-12/h6-9H,3-5H2,1-2H3,(H,18,19). The quantitative estimate of drug-likeness (QED) is 0.747. The van der Waals surface area contributed by atoms with Gasteiger partial charge in [-0.2, -0.15) is 5.10 Å². The van der Waals surface area contributed by atoms with Gasteiger partial charge in [0.05, 0.1) is 24.5 Å². The van der Waals surface area contributed by atoms with E-state index < -0.39 is 0 Å². The van der Waals surface area contributed by atoms with Crippen LogP contribution in [0.2, 0.25) is 0 Å². The minimum absolute atomic E-state index is 0.190. The number of rotatable bonds is 6. The predicted octanol–water partition coefficient (Wildman–Crippen LogP) is 2.10. The Bertz CT molecular complexity index is 725. The highest BCUT2D eigenvalue weighted by Crippen LogP contribution is 2.16. The third-order valence-electron chi connectivity index (χ3n) is 3.63. The van der Waals surface area contributed by atoms with E-state index in [0.717, 1.165) is 17.7 Å². The van der Waals surface area contributed by atoms with Crippen molar-refractivity contribution in [3.8, 4) is 0 Å². The molecule has 3 aromatic rings. The van der Waals surface area contributed by atoms with Crippen LogP contribution in [0.1, 0.15) is 40.1 Å². The second-order valence-corrected chi connectivity index (χ2v) is 5.15. The number of carbonyl (C=O) groups is 1. The number of aromatic amines is 1. The molecule has 0 aromatic carbocycles. The van der Waals surface area contributed by atoms with Gasteiger partial charge in [-0.05, 0) is 13.3 Å². The first-order valence-corrected chi connectivity index (χ1v) is 7.26. The molecule has 0 saturated heterocycles. The Balaban J connectivity index is 1.86. The summed E-state index contributed by atoms with van der Waals surface area (Å²) in [5.41, 5.74) is 3.55. The van der Waals surface area contributed by atoms with Gasteiger partial charge in [0, 0.05) is 11.3 Å². The first kappa shape index (κ1) is 15.0. The van der Waals surface area contributed by atoms with Crippen molar-refractivity contribution in [2.45, 2.75) is 33.4 Å². The van der Waals surface area contributed by atoms with Gasteiger partial charge in [-0.25, -0.2) is 9.97 Å². The summed E-state index contributed by atoms with van der Waals surface area (Å²) in [4.78, 5) is 22.6. The van der Waals surface area contributed by atoms with Crippen molar-refractivity contribution in [3.63, 3.8) is 0 Å². The Morgan fingerprint density at radius 3 is 2.22 bits per heavy atom. The number of aromatic nitrogens is 4. The molecule has 0 unspecified atom stereocenters. The van der Waals surface area contributed by atoms with E-state index in [1.165, 1.54) is 25.3 Å². The summed E-state index contributed by atoms with van der Waals surface area (Å²) in [6, 6.07) is 0. The van der Waals surface area contributed by atoms with Crippen molar-refractivity contribution >= 4 is 5.91 Å². The van der Waals surface area contributed by atoms with Crippen LogP contribution in [0.4, 0.5) is 0 Å². The molecule has 8 heteroatoms. The third kappa shape index (κ3) is 3.15. The van der Waals surface area contributed by atoms with Gasteiger partial charge < -0.3 is 13.7 Å². The lowest BCUT2D eigenvalue weighted by atomic mass is 10.1. The van der Waals surface area contributed by atoms with E-state index in [1.54, 1.807) is 4.90 Å². The molecule has 3 aromatic heterocycles. The van der Waals surface area contributed by atoms with Crippen molar-refractivity contribution < 1.29 is 13.6 Å². The van der Waals surface area contributed by atoms with Gasteiger partial charge in [-0.1, -0.05) is 6.92 Å². The smallest absolute Gasteiger partial charge is 0.275 e. The minimum atomic E-state index is -0.190. The Morgan fingerprint density at radius 2 is 1.78 bits per heavy atom. The Labute approximate surface area is 132 Å². The summed E-state index contributed by atoms with van der Waals surface area (Å²) in [6.45, 7) is 4.50. The average Bonchev–Trinajstić information content (AvgIpc) is 3.28. The summed E-state index contributed by atoms with van der Waals surface area (Å²) in [5.74, 6) is -0.190. The van der Waals surface area contributed by atoms with Crippen LogP contribution < -0.4 is 0 Å². The summed E-state index contributed by atoms with van der Waals surface area (Å²) < 4.78 is 9.95. The number of oxazole rings is 2. The molecule has 0 saturated carbocycles. The summed E-state index contributed by atoms with van der Waals surface area (Å²) in [7, 11) is 0. The van der Waals surface area contributed by atoms with Crippen LogP contribution in [0, 0.1) is 6.92 Å². The van der Waals surface area contributed by atoms with Gasteiger partial charge in [-0.3, -0.25) is 9.89 Å². The lowest BCUT2D eigenvalue weighted by Gasteiger charge is -2.19. The zero-order valence-corrected chi connectivity index (χ0v) is 12.9. The molecular formula is C15H17N5O3. The molecule has 3 heterocycles. The first-order chi connectivity index (χ1) is 11.2. The molecule has 0 aliphatic heterocycles. The fraction of sp³-hybridized carbons (Fsp3) is 0.333. The number of aryl methyl sites for hydroxylation is 1. The van der Waals surface area contributed by atoms with Gasteiger partial charge in [-0.15, -0.1) is 0 Å². The molecule has 0 aliphatic rings. The second kappa shape index (κ2) is 6.47. The van der Waals surface area contributed by atoms with Gasteiger partial charge >= 0.3 is 0 Å². The maximum Gasteiger partial charge on any atom is 0.275 e. The fourth-order valence-corrected chi connectivity index (χ4v) is 2.36. The highest BCUT2D eigenvalue weighted by atomic mass is 16.3. The van der Waals surface area contributed by atoms with E-state index in [4.69, 9.17) is 8.83 Å². The van der Waals surface area contributed by atoms with Crippen LogP contribution in [0.3, 0.4) is 0 Å². The molecule has 1 amide bonds. The van der Waals surface area contributed by atoms with Crippen LogP contribution >= 0.6 is 0 Å². The largest absolute Gasteiger partial charge is 0.451 e. The van der Waals surface area contributed by atoms with Gasteiger partial charge in [0.25, 0.3) is 5.91 Å². The monoisotopic (exact) mass is 315 g/mol. The van der Waals surface area contributed by atoms with Gasteiger partial charge in [0.1, 0.15) is 12.5 Å². The van der Waals surface area contributed by atoms with Crippen molar-refractivity contribution in [2.75, 3.05) is 0 Å². The Kier molecular flexibility index (Phi) is 4.22. The number of H-pyrrole nitrogens is 1. The highest BCUT2D eigenvalue weighted by Gasteiger charge is 2.23. The van der Waals surface area contributed by atoms with Crippen LogP contribution in [0.5, 0.6) is 0 Å².